The van der Waals surface area contributed by atoms with Gasteiger partial charge in [0.1, 0.15) is 0 Å². The van der Waals surface area contributed by atoms with Crippen molar-refractivity contribution < 1.29 is 10.2 Å². The van der Waals surface area contributed by atoms with Crippen LogP contribution in [0.25, 0.3) is 0 Å². The summed E-state index contributed by atoms with van der Waals surface area (Å²) in [5.41, 5.74) is 1.27. The van der Waals surface area contributed by atoms with Crippen LogP contribution in [0, 0.1) is 5.92 Å². The first-order valence-electron chi connectivity index (χ1n) is 7.38. The smallest absolute Gasteiger partial charge is 0.0607 e. The lowest BCUT2D eigenvalue weighted by atomic mass is 9.81. The summed E-state index contributed by atoms with van der Waals surface area (Å²) in [6.07, 6.45) is 6.38. The predicted molar refractivity (Wildman–Crippen MR) is 76.9 cm³/mol. The molecule has 0 heterocycles. The van der Waals surface area contributed by atoms with E-state index in [4.69, 9.17) is 0 Å². The second-order valence-electron chi connectivity index (χ2n) is 5.52. The van der Waals surface area contributed by atoms with Crippen molar-refractivity contribution in [2.45, 2.75) is 44.2 Å². The lowest BCUT2D eigenvalue weighted by Gasteiger charge is -2.33. The molecule has 1 aromatic rings. The monoisotopic (exact) mass is 263 g/mol. The van der Waals surface area contributed by atoms with E-state index < -0.39 is 0 Å². The van der Waals surface area contributed by atoms with E-state index in [0.29, 0.717) is 5.92 Å². The van der Waals surface area contributed by atoms with Crippen LogP contribution < -0.4 is 5.32 Å². The Morgan fingerprint density at radius 1 is 1.00 bits per heavy atom. The summed E-state index contributed by atoms with van der Waals surface area (Å²) in [4.78, 5) is 0. The number of benzene rings is 1. The fourth-order valence-electron chi connectivity index (χ4n) is 3.05. The SMILES string of the molecule is OCC(CO)NC(c1ccccc1)C1CCCCC1. The molecule has 0 amide bonds. The molecule has 0 spiro atoms. The zero-order valence-corrected chi connectivity index (χ0v) is 11.5. The maximum atomic E-state index is 9.30. The first kappa shape index (κ1) is 14.5. The molecule has 3 heteroatoms. The molecule has 1 fully saturated rings. The Labute approximate surface area is 115 Å². The van der Waals surface area contributed by atoms with Gasteiger partial charge < -0.3 is 15.5 Å². The van der Waals surface area contributed by atoms with E-state index in [1.165, 1.54) is 37.7 Å². The van der Waals surface area contributed by atoms with Gasteiger partial charge in [0.15, 0.2) is 0 Å². The van der Waals surface area contributed by atoms with E-state index in [-0.39, 0.29) is 25.3 Å². The molecule has 0 radical (unpaired) electrons. The number of hydrogen-bond donors (Lipinski definition) is 3. The van der Waals surface area contributed by atoms with Gasteiger partial charge in [-0.25, -0.2) is 0 Å². The molecule has 1 aliphatic rings. The number of aliphatic hydroxyl groups excluding tert-OH is 2. The fraction of sp³-hybridized carbons (Fsp3) is 0.625. The minimum Gasteiger partial charge on any atom is -0.395 e. The van der Waals surface area contributed by atoms with Gasteiger partial charge in [0, 0.05) is 6.04 Å². The molecule has 1 atom stereocenters. The van der Waals surface area contributed by atoms with E-state index >= 15 is 0 Å². The standard InChI is InChI=1S/C16H25NO2/c18-11-15(12-19)17-16(13-7-3-1-4-8-13)14-9-5-2-6-10-14/h1,3-4,7-8,14-19H,2,5-6,9-12H2. The van der Waals surface area contributed by atoms with Crippen LogP contribution in [0.3, 0.4) is 0 Å². The zero-order valence-electron chi connectivity index (χ0n) is 11.5. The summed E-state index contributed by atoms with van der Waals surface area (Å²) < 4.78 is 0. The third-order valence-electron chi connectivity index (χ3n) is 4.14. The van der Waals surface area contributed by atoms with Crippen molar-refractivity contribution in [2.75, 3.05) is 13.2 Å². The van der Waals surface area contributed by atoms with Gasteiger partial charge in [-0.2, -0.15) is 0 Å². The Bertz CT molecular complexity index is 345. The van der Waals surface area contributed by atoms with Crippen molar-refractivity contribution in [1.82, 2.24) is 5.32 Å². The molecule has 106 valence electrons. The summed E-state index contributed by atoms with van der Waals surface area (Å²) in [7, 11) is 0. The second-order valence-corrected chi connectivity index (χ2v) is 5.52. The number of aliphatic hydroxyl groups is 2. The van der Waals surface area contributed by atoms with Crippen molar-refractivity contribution in [1.29, 1.82) is 0 Å². The van der Waals surface area contributed by atoms with Gasteiger partial charge in [-0.1, -0.05) is 49.6 Å². The first-order chi connectivity index (χ1) is 9.35. The highest BCUT2D eigenvalue weighted by Gasteiger charge is 2.26. The average Bonchev–Trinajstić information content (AvgIpc) is 2.50. The summed E-state index contributed by atoms with van der Waals surface area (Å²) in [6.45, 7) is -0.0426. The van der Waals surface area contributed by atoms with Crippen LogP contribution in [0.15, 0.2) is 30.3 Å². The molecule has 0 bridgehead atoms. The second kappa shape index (κ2) is 7.63. The van der Waals surface area contributed by atoms with E-state index in [1.54, 1.807) is 0 Å². The highest BCUT2D eigenvalue weighted by molar-refractivity contribution is 5.20. The topological polar surface area (TPSA) is 52.5 Å². The first-order valence-corrected chi connectivity index (χ1v) is 7.38. The van der Waals surface area contributed by atoms with Crippen LogP contribution in [0.2, 0.25) is 0 Å². The minimum atomic E-state index is -0.230. The van der Waals surface area contributed by atoms with Crippen LogP contribution in [-0.4, -0.2) is 29.5 Å². The van der Waals surface area contributed by atoms with Gasteiger partial charge in [0.05, 0.1) is 19.3 Å². The molecule has 1 aliphatic carbocycles. The zero-order chi connectivity index (χ0) is 13.5. The summed E-state index contributed by atoms with van der Waals surface area (Å²) >= 11 is 0. The normalized spacial score (nSPS) is 18.7. The van der Waals surface area contributed by atoms with Gasteiger partial charge in [0.25, 0.3) is 0 Å². The molecular weight excluding hydrogens is 238 g/mol. The minimum absolute atomic E-state index is 0.0213. The molecule has 3 nitrogen and oxygen atoms in total. The van der Waals surface area contributed by atoms with E-state index in [2.05, 4.69) is 29.6 Å². The van der Waals surface area contributed by atoms with Crippen molar-refractivity contribution >= 4 is 0 Å². The quantitative estimate of drug-likeness (QED) is 0.738. The maximum Gasteiger partial charge on any atom is 0.0607 e. The number of nitrogens with one attached hydrogen (secondary N) is 1. The molecule has 0 saturated heterocycles. The summed E-state index contributed by atoms with van der Waals surface area (Å²) in [5.74, 6) is 0.608. The summed E-state index contributed by atoms with van der Waals surface area (Å²) in [6, 6.07) is 10.4. The molecule has 1 saturated carbocycles. The van der Waals surface area contributed by atoms with Gasteiger partial charge in [-0.05, 0) is 24.3 Å². The lowest BCUT2D eigenvalue weighted by Crippen LogP contribution is -2.41. The van der Waals surface area contributed by atoms with Crippen LogP contribution in [0.5, 0.6) is 0 Å². The highest BCUT2D eigenvalue weighted by Crippen LogP contribution is 2.34. The molecule has 1 unspecified atom stereocenters. The Kier molecular flexibility index (Phi) is 5.83. The average molecular weight is 263 g/mol. The van der Waals surface area contributed by atoms with Gasteiger partial charge in [-0.15, -0.1) is 0 Å². The molecule has 2 rings (SSSR count). The van der Waals surface area contributed by atoms with E-state index in [0.717, 1.165) is 0 Å². The molecule has 3 N–H and O–H groups in total. The Hall–Kier alpha value is -0.900. The number of rotatable bonds is 6. The fourth-order valence-corrected chi connectivity index (χ4v) is 3.05. The molecule has 0 aliphatic heterocycles. The molecule has 1 aromatic carbocycles. The predicted octanol–water partition coefficient (Wildman–Crippen LogP) is 2.25. The van der Waals surface area contributed by atoms with Crippen LogP contribution in [0.1, 0.15) is 43.7 Å². The van der Waals surface area contributed by atoms with Crippen molar-refractivity contribution in [2.24, 2.45) is 5.92 Å². The van der Waals surface area contributed by atoms with Gasteiger partial charge in [-0.3, -0.25) is 0 Å². The van der Waals surface area contributed by atoms with Crippen LogP contribution >= 0.6 is 0 Å². The van der Waals surface area contributed by atoms with E-state index in [9.17, 15) is 10.2 Å². The van der Waals surface area contributed by atoms with Gasteiger partial charge in [0.2, 0.25) is 0 Å². The third-order valence-corrected chi connectivity index (χ3v) is 4.14. The molecular formula is C16H25NO2. The molecule has 0 aromatic heterocycles. The lowest BCUT2D eigenvalue weighted by molar-refractivity contribution is 0.144. The van der Waals surface area contributed by atoms with Crippen LogP contribution in [0.4, 0.5) is 0 Å². The largest absolute Gasteiger partial charge is 0.395 e. The highest BCUT2D eigenvalue weighted by atomic mass is 16.3. The Balaban J connectivity index is 2.12. The van der Waals surface area contributed by atoms with Crippen molar-refractivity contribution in [3.8, 4) is 0 Å². The van der Waals surface area contributed by atoms with Crippen molar-refractivity contribution in [3.63, 3.8) is 0 Å². The number of hydrogen-bond acceptors (Lipinski definition) is 3. The summed E-state index contributed by atoms with van der Waals surface area (Å²) in [5, 5.41) is 22.0. The molecule has 19 heavy (non-hydrogen) atoms. The Morgan fingerprint density at radius 3 is 2.21 bits per heavy atom. The Morgan fingerprint density at radius 2 is 1.63 bits per heavy atom. The van der Waals surface area contributed by atoms with E-state index in [1.807, 2.05) is 6.07 Å². The maximum absolute atomic E-state index is 9.30. The van der Waals surface area contributed by atoms with Crippen molar-refractivity contribution in [3.05, 3.63) is 35.9 Å². The third kappa shape index (κ3) is 4.03. The van der Waals surface area contributed by atoms with Crippen LogP contribution in [-0.2, 0) is 0 Å². The van der Waals surface area contributed by atoms with Gasteiger partial charge >= 0.3 is 0 Å².